The third-order valence-electron chi connectivity index (χ3n) is 6.45. The molecule has 6 nitrogen and oxygen atoms in total. The minimum absolute atomic E-state index is 0.0507. The van der Waals surface area contributed by atoms with Crippen molar-refractivity contribution in [1.29, 1.82) is 0 Å². The van der Waals surface area contributed by atoms with E-state index in [1.807, 2.05) is 42.5 Å². The van der Waals surface area contributed by atoms with Crippen LogP contribution in [0.1, 0.15) is 46.5 Å². The maximum absolute atomic E-state index is 11.1. The first-order valence-corrected chi connectivity index (χ1v) is 12.9. The number of aromatic hydroxyl groups is 1. The molecule has 3 aromatic carbocycles. The van der Waals surface area contributed by atoms with Gasteiger partial charge in [-0.25, -0.2) is 0 Å². The lowest BCUT2D eigenvalue weighted by atomic mass is 10.0. The number of benzene rings is 3. The van der Waals surface area contributed by atoms with E-state index in [4.69, 9.17) is 23.7 Å². The molecule has 0 bridgehead atoms. The molecular weight excluding hydrogens is 444 g/mol. The molecule has 0 aliphatic carbocycles. The molecule has 190 valence electrons. The molecule has 1 aliphatic rings. The molecule has 1 N–H and O–H groups in total. The van der Waals surface area contributed by atoms with Gasteiger partial charge in [-0.2, -0.15) is 0 Å². The Morgan fingerprint density at radius 3 is 2.31 bits per heavy atom. The zero-order valence-electron chi connectivity index (χ0n) is 21.1. The van der Waals surface area contributed by atoms with Gasteiger partial charge < -0.3 is 28.8 Å². The molecule has 3 unspecified atom stereocenters. The van der Waals surface area contributed by atoms with Gasteiger partial charge in [-0.15, -0.1) is 0 Å². The van der Waals surface area contributed by atoms with E-state index in [2.05, 4.69) is 20.8 Å². The summed E-state index contributed by atoms with van der Waals surface area (Å²) in [4.78, 5) is 0. The number of ether oxygens (including phenoxy) is 5. The van der Waals surface area contributed by atoms with Crippen LogP contribution in [0.15, 0.2) is 42.5 Å². The second kappa shape index (κ2) is 12.4. The molecule has 3 aromatic rings. The van der Waals surface area contributed by atoms with Crippen LogP contribution in [0.25, 0.3) is 21.5 Å². The third kappa shape index (κ3) is 6.57. The van der Waals surface area contributed by atoms with Crippen molar-refractivity contribution in [2.24, 2.45) is 0 Å². The first kappa shape index (κ1) is 25.5. The van der Waals surface area contributed by atoms with Gasteiger partial charge in [-0.3, -0.25) is 0 Å². The fraction of sp³-hybridized carbons (Fsp3) is 0.517. The Bertz CT molecular complexity index is 1090. The minimum atomic E-state index is -0.0657. The second-order valence-electron chi connectivity index (χ2n) is 9.13. The van der Waals surface area contributed by atoms with Crippen molar-refractivity contribution in [1.82, 2.24) is 0 Å². The zero-order valence-corrected chi connectivity index (χ0v) is 21.1. The van der Waals surface area contributed by atoms with Crippen LogP contribution in [-0.4, -0.2) is 56.5 Å². The predicted octanol–water partition coefficient (Wildman–Crippen LogP) is 6.25. The van der Waals surface area contributed by atoms with E-state index in [1.165, 1.54) is 0 Å². The Morgan fingerprint density at radius 2 is 1.60 bits per heavy atom. The van der Waals surface area contributed by atoms with Crippen LogP contribution < -0.4 is 9.47 Å². The number of fused-ring (bicyclic) bond motifs is 2. The maximum Gasteiger partial charge on any atom is 0.135 e. The van der Waals surface area contributed by atoms with Gasteiger partial charge in [0.2, 0.25) is 0 Å². The minimum Gasteiger partial charge on any atom is -0.507 e. The van der Waals surface area contributed by atoms with Crippen LogP contribution in [0.4, 0.5) is 0 Å². The first-order valence-electron chi connectivity index (χ1n) is 12.9. The maximum atomic E-state index is 11.1. The van der Waals surface area contributed by atoms with E-state index < -0.39 is 0 Å². The molecule has 0 saturated carbocycles. The fourth-order valence-electron chi connectivity index (χ4n) is 4.07. The highest BCUT2D eigenvalue weighted by Crippen LogP contribution is 2.43. The summed E-state index contributed by atoms with van der Waals surface area (Å²) in [6, 6.07) is 13.6. The van der Waals surface area contributed by atoms with E-state index in [0.717, 1.165) is 65.3 Å². The number of unbranched alkanes of at least 4 members (excludes halogenated alkanes) is 1. The van der Waals surface area contributed by atoms with Crippen LogP contribution in [0, 0.1) is 0 Å². The van der Waals surface area contributed by atoms with Gasteiger partial charge in [0, 0.05) is 21.5 Å². The van der Waals surface area contributed by atoms with Crippen molar-refractivity contribution in [3.63, 3.8) is 0 Å². The SMILES string of the molecule is CCCCOc1ccc2c(OCC(CC)OCC(CC)OCC3CO3)c3ccccc3c(O)c2c1. The highest BCUT2D eigenvalue weighted by molar-refractivity contribution is 6.11. The number of phenolic OH excluding ortho intramolecular Hbond substituents is 1. The van der Waals surface area contributed by atoms with Crippen LogP contribution in [0.5, 0.6) is 17.2 Å². The monoisotopic (exact) mass is 482 g/mol. The van der Waals surface area contributed by atoms with E-state index in [-0.39, 0.29) is 24.1 Å². The smallest absolute Gasteiger partial charge is 0.135 e. The lowest BCUT2D eigenvalue weighted by molar-refractivity contribution is -0.0593. The molecule has 3 atom stereocenters. The summed E-state index contributed by atoms with van der Waals surface area (Å²) in [5.74, 6) is 1.75. The Labute approximate surface area is 208 Å². The van der Waals surface area contributed by atoms with E-state index in [0.29, 0.717) is 26.4 Å². The number of rotatable bonds is 15. The van der Waals surface area contributed by atoms with Crippen LogP contribution in [-0.2, 0) is 14.2 Å². The number of epoxide rings is 1. The molecule has 0 radical (unpaired) electrons. The van der Waals surface area contributed by atoms with Crippen molar-refractivity contribution in [3.05, 3.63) is 42.5 Å². The van der Waals surface area contributed by atoms with Gasteiger partial charge in [-0.05, 0) is 37.5 Å². The summed E-state index contributed by atoms with van der Waals surface area (Å²) in [6.45, 7) is 9.36. The average molecular weight is 483 g/mol. The quantitative estimate of drug-likeness (QED) is 0.157. The molecule has 1 aliphatic heterocycles. The van der Waals surface area contributed by atoms with Crippen LogP contribution in [0.2, 0.25) is 0 Å². The Balaban J connectivity index is 1.51. The Morgan fingerprint density at radius 1 is 0.886 bits per heavy atom. The van der Waals surface area contributed by atoms with E-state index in [9.17, 15) is 5.11 Å². The van der Waals surface area contributed by atoms with Crippen LogP contribution in [0.3, 0.4) is 0 Å². The summed E-state index contributed by atoms with van der Waals surface area (Å²) < 4.78 is 29.6. The van der Waals surface area contributed by atoms with E-state index >= 15 is 0 Å². The fourth-order valence-corrected chi connectivity index (χ4v) is 4.07. The molecule has 1 fully saturated rings. The first-order chi connectivity index (χ1) is 17.1. The number of hydrogen-bond donors (Lipinski definition) is 1. The van der Waals surface area contributed by atoms with Crippen molar-refractivity contribution in [3.8, 4) is 17.2 Å². The van der Waals surface area contributed by atoms with Gasteiger partial charge in [-0.1, -0.05) is 51.5 Å². The van der Waals surface area contributed by atoms with Crippen molar-refractivity contribution in [2.75, 3.05) is 33.0 Å². The molecular formula is C29H38O6. The normalized spacial score (nSPS) is 16.9. The van der Waals surface area contributed by atoms with Crippen molar-refractivity contribution in [2.45, 2.75) is 64.8 Å². The number of phenols is 1. The molecule has 1 saturated heterocycles. The molecule has 4 rings (SSSR count). The zero-order chi connectivity index (χ0) is 24.6. The summed E-state index contributed by atoms with van der Waals surface area (Å²) in [6.07, 6.45) is 4.02. The Kier molecular flexibility index (Phi) is 9.07. The van der Waals surface area contributed by atoms with Gasteiger partial charge in [0.15, 0.2) is 0 Å². The lowest BCUT2D eigenvalue weighted by Crippen LogP contribution is -2.28. The largest absolute Gasteiger partial charge is 0.507 e. The Hall–Kier alpha value is -2.54. The van der Waals surface area contributed by atoms with Crippen LogP contribution >= 0.6 is 0 Å². The van der Waals surface area contributed by atoms with Gasteiger partial charge in [0.1, 0.15) is 30.0 Å². The predicted molar refractivity (Wildman–Crippen MR) is 139 cm³/mol. The highest BCUT2D eigenvalue weighted by atomic mass is 16.6. The molecule has 1 heterocycles. The number of hydrogen-bond acceptors (Lipinski definition) is 6. The second-order valence-corrected chi connectivity index (χ2v) is 9.13. The molecule has 35 heavy (non-hydrogen) atoms. The summed E-state index contributed by atoms with van der Waals surface area (Å²) in [5, 5.41) is 14.3. The third-order valence-corrected chi connectivity index (χ3v) is 6.45. The standard InChI is InChI=1S/C29H38O6/c1-4-7-14-31-22-12-13-26-27(15-22)28(30)24-10-8-9-11-25(24)29(26)35-17-21(6-3)32-16-20(5-2)33-18-23-19-34-23/h8-13,15,20-21,23,30H,4-7,14,16-19H2,1-3H3. The highest BCUT2D eigenvalue weighted by Gasteiger charge is 2.24. The average Bonchev–Trinajstić information content (AvgIpc) is 3.72. The molecule has 6 heteroatoms. The summed E-state index contributed by atoms with van der Waals surface area (Å²) in [5.41, 5.74) is 0. The van der Waals surface area contributed by atoms with Gasteiger partial charge in [0.25, 0.3) is 0 Å². The molecule has 0 aromatic heterocycles. The topological polar surface area (TPSA) is 69.7 Å². The molecule has 0 spiro atoms. The summed E-state index contributed by atoms with van der Waals surface area (Å²) >= 11 is 0. The van der Waals surface area contributed by atoms with Crippen molar-refractivity contribution >= 4 is 21.5 Å². The van der Waals surface area contributed by atoms with Gasteiger partial charge in [0.05, 0.1) is 38.6 Å². The van der Waals surface area contributed by atoms with Crippen molar-refractivity contribution < 1.29 is 28.8 Å². The molecule has 0 amide bonds. The summed E-state index contributed by atoms with van der Waals surface area (Å²) in [7, 11) is 0. The van der Waals surface area contributed by atoms with E-state index in [1.54, 1.807) is 0 Å². The van der Waals surface area contributed by atoms with Gasteiger partial charge >= 0.3 is 0 Å². The lowest BCUT2D eigenvalue weighted by Gasteiger charge is -2.22.